The maximum atomic E-state index is 12.1. The van der Waals surface area contributed by atoms with E-state index in [1.54, 1.807) is 24.8 Å². The van der Waals surface area contributed by atoms with Crippen molar-refractivity contribution < 1.29 is 4.79 Å². The summed E-state index contributed by atoms with van der Waals surface area (Å²) >= 11 is 0. The first-order valence-corrected chi connectivity index (χ1v) is 6.55. The van der Waals surface area contributed by atoms with Gasteiger partial charge in [0.2, 0.25) is 0 Å². The first-order valence-electron chi connectivity index (χ1n) is 6.55. The largest absolute Gasteiger partial charge is 0.322 e. The van der Waals surface area contributed by atoms with Crippen molar-refractivity contribution in [3.8, 4) is 5.69 Å². The number of carbonyl (C=O) groups excluding carboxylic acids is 1. The molecule has 0 atom stereocenters. The topological polar surface area (TPSA) is 59.8 Å². The summed E-state index contributed by atoms with van der Waals surface area (Å²) < 4.78 is 1.90. The Balaban J connectivity index is 1.73. The van der Waals surface area contributed by atoms with Crippen LogP contribution in [-0.2, 0) is 0 Å². The van der Waals surface area contributed by atoms with Crippen LogP contribution < -0.4 is 5.32 Å². The number of hydrogen-bond donors (Lipinski definition) is 1. The van der Waals surface area contributed by atoms with Crippen LogP contribution in [0.1, 0.15) is 16.1 Å². The molecule has 104 valence electrons. The van der Waals surface area contributed by atoms with Crippen LogP contribution in [-0.4, -0.2) is 20.4 Å². The van der Waals surface area contributed by atoms with Crippen molar-refractivity contribution in [2.45, 2.75) is 6.92 Å². The van der Waals surface area contributed by atoms with Gasteiger partial charge in [-0.1, -0.05) is 0 Å². The van der Waals surface area contributed by atoms with Crippen molar-refractivity contribution in [1.82, 2.24) is 14.5 Å². The number of rotatable bonds is 3. The average molecular weight is 278 g/mol. The highest BCUT2D eigenvalue weighted by Crippen LogP contribution is 2.14. The molecule has 0 fully saturated rings. The Kier molecular flexibility index (Phi) is 3.47. The molecule has 3 aromatic rings. The molecule has 0 radical (unpaired) electrons. The van der Waals surface area contributed by atoms with Gasteiger partial charge < -0.3 is 9.88 Å². The fourth-order valence-corrected chi connectivity index (χ4v) is 1.93. The first-order chi connectivity index (χ1) is 10.2. The SMILES string of the molecule is Cc1ccc(C(=O)Nc2ccc(-n3ccnc3)cc2)cn1. The van der Waals surface area contributed by atoms with Gasteiger partial charge in [-0.3, -0.25) is 9.78 Å². The van der Waals surface area contributed by atoms with Crippen LogP contribution in [0.5, 0.6) is 0 Å². The molecule has 0 saturated heterocycles. The Morgan fingerprint density at radius 1 is 1.14 bits per heavy atom. The van der Waals surface area contributed by atoms with Crippen LogP contribution in [0.15, 0.2) is 61.3 Å². The maximum Gasteiger partial charge on any atom is 0.257 e. The van der Waals surface area contributed by atoms with Crippen LogP contribution in [0.4, 0.5) is 5.69 Å². The highest BCUT2D eigenvalue weighted by atomic mass is 16.1. The number of anilines is 1. The molecule has 21 heavy (non-hydrogen) atoms. The third kappa shape index (κ3) is 2.97. The number of benzene rings is 1. The standard InChI is InChI=1S/C16H14N4O/c1-12-2-3-13(10-18-12)16(21)19-14-4-6-15(7-5-14)20-9-8-17-11-20/h2-11H,1H3,(H,19,21). The number of aryl methyl sites for hydroxylation is 1. The highest BCUT2D eigenvalue weighted by Gasteiger charge is 2.06. The Hall–Kier alpha value is -2.95. The van der Waals surface area contributed by atoms with Gasteiger partial charge in [-0.05, 0) is 43.3 Å². The van der Waals surface area contributed by atoms with Crippen molar-refractivity contribution in [2.75, 3.05) is 5.32 Å². The molecule has 0 aliphatic carbocycles. The van der Waals surface area contributed by atoms with E-state index in [2.05, 4.69) is 15.3 Å². The van der Waals surface area contributed by atoms with Crippen molar-refractivity contribution >= 4 is 11.6 Å². The zero-order valence-corrected chi connectivity index (χ0v) is 11.5. The van der Waals surface area contributed by atoms with Gasteiger partial charge in [0.15, 0.2) is 0 Å². The van der Waals surface area contributed by atoms with E-state index in [1.807, 2.05) is 48.0 Å². The smallest absolute Gasteiger partial charge is 0.257 e. The number of aromatic nitrogens is 3. The number of pyridine rings is 1. The molecule has 2 heterocycles. The molecule has 3 rings (SSSR count). The van der Waals surface area contributed by atoms with Gasteiger partial charge in [0.1, 0.15) is 0 Å². The van der Waals surface area contributed by atoms with Crippen LogP contribution in [0, 0.1) is 6.92 Å². The number of nitrogens with zero attached hydrogens (tertiary/aromatic N) is 3. The van der Waals surface area contributed by atoms with Gasteiger partial charge in [-0.2, -0.15) is 0 Å². The summed E-state index contributed by atoms with van der Waals surface area (Å²) in [4.78, 5) is 20.2. The Morgan fingerprint density at radius 2 is 1.95 bits per heavy atom. The lowest BCUT2D eigenvalue weighted by Gasteiger charge is -2.07. The molecular weight excluding hydrogens is 264 g/mol. The molecular formula is C16H14N4O. The lowest BCUT2D eigenvalue weighted by molar-refractivity contribution is 0.102. The summed E-state index contributed by atoms with van der Waals surface area (Å²) in [5.41, 5.74) is 3.16. The molecule has 5 nitrogen and oxygen atoms in total. The predicted octanol–water partition coefficient (Wildman–Crippen LogP) is 2.83. The van der Waals surface area contributed by atoms with Crippen LogP contribution >= 0.6 is 0 Å². The molecule has 2 aromatic heterocycles. The molecule has 0 aliphatic heterocycles. The van der Waals surface area contributed by atoms with Gasteiger partial charge in [-0.15, -0.1) is 0 Å². The van der Waals surface area contributed by atoms with Gasteiger partial charge in [-0.25, -0.2) is 4.98 Å². The zero-order chi connectivity index (χ0) is 14.7. The quantitative estimate of drug-likeness (QED) is 0.801. The van der Waals surface area contributed by atoms with E-state index in [-0.39, 0.29) is 5.91 Å². The van der Waals surface area contributed by atoms with Crippen molar-refractivity contribution in [3.63, 3.8) is 0 Å². The average Bonchev–Trinajstić information content (AvgIpc) is 3.03. The molecule has 0 unspecified atom stereocenters. The van der Waals surface area contributed by atoms with E-state index in [9.17, 15) is 4.79 Å². The van der Waals surface area contributed by atoms with Gasteiger partial charge >= 0.3 is 0 Å². The Morgan fingerprint density at radius 3 is 2.57 bits per heavy atom. The zero-order valence-electron chi connectivity index (χ0n) is 11.5. The van der Waals surface area contributed by atoms with E-state index in [0.717, 1.165) is 17.1 Å². The third-order valence-electron chi connectivity index (χ3n) is 3.10. The molecule has 0 saturated carbocycles. The van der Waals surface area contributed by atoms with Crippen molar-refractivity contribution in [1.29, 1.82) is 0 Å². The number of imidazole rings is 1. The molecule has 0 aliphatic rings. The molecule has 0 bridgehead atoms. The summed E-state index contributed by atoms with van der Waals surface area (Å²) in [6, 6.07) is 11.1. The second-order valence-electron chi connectivity index (χ2n) is 4.66. The normalized spacial score (nSPS) is 10.3. The highest BCUT2D eigenvalue weighted by molar-refractivity contribution is 6.04. The lowest BCUT2D eigenvalue weighted by atomic mass is 10.2. The monoisotopic (exact) mass is 278 g/mol. The van der Waals surface area contributed by atoms with E-state index >= 15 is 0 Å². The summed E-state index contributed by atoms with van der Waals surface area (Å²) in [5.74, 6) is -0.169. The summed E-state index contributed by atoms with van der Waals surface area (Å²) in [6.45, 7) is 1.89. The minimum absolute atomic E-state index is 0.169. The fraction of sp³-hybridized carbons (Fsp3) is 0.0625. The number of nitrogens with one attached hydrogen (secondary N) is 1. The van der Waals surface area contributed by atoms with Gasteiger partial charge in [0.05, 0.1) is 11.9 Å². The van der Waals surface area contributed by atoms with Gasteiger partial charge in [0.25, 0.3) is 5.91 Å². The summed E-state index contributed by atoms with van der Waals surface area (Å²) in [7, 11) is 0. The number of hydrogen-bond acceptors (Lipinski definition) is 3. The second kappa shape index (κ2) is 5.58. The maximum absolute atomic E-state index is 12.1. The predicted molar refractivity (Wildman–Crippen MR) is 80.5 cm³/mol. The van der Waals surface area contributed by atoms with Crippen LogP contribution in [0.2, 0.25) is 0 Å². The molecule has 1 amide bonds. The van der Waals surface area contributed by atoms with Crippen LogP contribution in [0.25, 0.3) is 5.69 Å². The first kappa shape index (κ1) is 13.1. The van der Waals surface area contributed by atoms with Crippen molar-refractivity contribution in [3.05, 3.63) is 72.6 Å². The number of amides is 1. The number of carbonyl (C=O) groups is 1. The fourth-order valence-electron chi connectivity index (χ4n) is 1.93. The molecule has 1 N–H and O–H groups in total. The van der Waals surface area contributed by atoms with E-state index in [1.165, 1.54) is 0 Å². The Bertz CT molecular complexity index is 731. The van der Waals surface area contributed by atoms with Gasteiger partial charge in [0, 0.05) is 35.7 Å². The minimum Gasteiger partial charge on any atom is -0.322 e. The lowest BCUT2D eigenvalue weighted by Crippen LogP contribution is -2.12. The van der Waals surface area contributed by atoms with E-state index in [0.29, 0.717) is 5.56 Å². The van der Waals surface area contributed by atoms with Crippen molar-refractivity contribution in [2.24, 2.45) is 0 Å². The Labute approximate surface area is 122 Å². The molecule has 5 heteroatoms. The molecule has 0 spiro atoms. The molecule has 1 aromatic carbocycles. The van der Waals surface area contributed by atoms with E-state index < -0.39 is 0 Å². The summed E-state index contributed by atoms with van der Waals surface area (Å²) in [5, 5.41) is 2.85. The third-order valence-corrected chi connectivity index (χ3v) is 3.10. The second-order valence-corrected chi connectivity index (χ2v) is 4.66. The van der Waals surface area contributed by atoms with Crippen LogP contribution in [0.3, 0.4) is 0 Å². The van der Waals surface area contributed by atoms with E-state index in [4.69, 9.17) is 0 Å². The minimum atomic E-state index is -0.169. The summed E-state index contributed by atoms with van der Waals surface area (Å²) in [6.07, 6.45) is 6.89.